The third-order valence-corrected chi connectivity index (χ3v) is 2.56. The van der Waals surface area contributed by atoms with Gasteiger partial charge in [-0.05, 0) is 31.4 Å². The van der Waals surface area contributed by atoms with Gasteiger partial charge in [0.2, 0.25) is 0 Å². The van der Waals surface area contributed by atoms with Crippen LogP contribution in [0, 0.1) is 12.8 Å². The molecule has 0 atom stereocenters. The minimum atomic E-state index is -4.93. The molecule has 0 bridgehead atoms. The molecule has 18 heavy (non-hydrogen) atoms. The third-order valence-electron chi connectivity index (χ3n) is 2.56. The SMILES string of the molecule is Cc1cc(OCCC(C)C)ccc1[B-](F)(F)F.[K+]. The Labute approximate surface area is 149 Å². The van der Waals surface area contributed by atoms with Crippen LogP contribution in [0.4, 0.5) is 12.9 Å². The van der Waals surface area contributed by atoms with Gasteiger partial charge in [-0.2, -0.15) is 0 Å². The number of rotatable bonds is 5. The van der Waals surface area contributed by atoms with E-state index in [1.165, 1.54) is 19.1 Å². The summed E-state index contributed by atoms with van der Waals surface area (Å²) in [5.41, 5.74) is -0.319. The van der Waals surface area contributed by atoms with Crippen LogP contribution in [0.2, 0.25) is 0 Å². The minimum absolute atomic E-state index is 0. The molecule has 6 heteroatoms. The van der Waals surface area contributed by atoms with Crippen LogP contribution < -0.4 is 61.6 Å². The fourth-order valence-electron chi connectivity index (χ4n) is 1.52. The van der Waals surface area contributed by atoms with Gasteiger partial charge >= 0.3 is 58.4 Å². The number of halogens is 3. The van der Waals surface area contributed by atoms with Gasteiger partial charge in [-0.3, -0.25) is 0 Å². The molecule has 0 unspecified atom stereocenters. The number of benzene rings is 1. The van der Waals surface area contributed by atoms with Gasteiger partial charge in [0.15, 0.2) is 0 Å². The molecule has 0 aromatic heterocycles. The second-order valence-corrected chi connectivity index (χ2v) is 4.62. The maximum absolute atomic E-state index is 12.6. The molecule has 1 aromatic rings. The van der Waals surface area contributed by atoms with Gasteiger partial charge < -0.3 is 17.7 Å². The molecular formula is C12H17BF3KO. The van der Waals surface area contributed by atoms with E-state index in [9.17, 15) is 12.9 Å². The molecule has 0 N–H and O–H groups in total. The zero-order chi connectivity index (χ0) is 13.1. The van der Waals surface area contributed by atoms with Crippen molar-refractivity contribution < 1.29 is 69.1 Å². The predicted octanol–water partition coefficient (Wildman–Crippen LogP) is 0.478. The van der Waals surface area contributed by atoms with Crippen LogP contribution in [0.25, 0.3) is 0 Å². The van der Waals surface area contributed by atoms with E-state index in [0.29, 0.717) is 18.3 Å². The maximum atomic E-state index is 12.6. The summed E-state index contributed by atoms with van der Waals surface area (Å²) in [6.07, 6.45) is 0.893. The Bertz CT molecular complexity index is 380. The Morgan fingerprint density at radius 3 is 2.28 bits per heavy atom. The van der Waals surface area contributed by atoms with E-state index in [4.69, 9.17) is 4.74 Å². The molecule has 0 saturated carbocycles. The molecule has 0 aliphatic carbocycles. The number of ether oxygens (including phenoxy) is 1. The summed E-state index contributed by atoms with van der Waals surface area (Å²) in [5.74, 6) is 1.03. The fourth-order valence-corrected chi connectivity index (χ4v) is 1.52. The van der Waals surface area contributed by atoms with E-state index in [1.807, 2.05) is 0 Å². The van der Waals surface area contributed by atoms with Gasteiger partial charge in [-0.15, -0.1) is 5.46 Å². The first-order valence-electron chi connectivity index (χ1n) is 5.74. The van der Waals surface area contributed by atoms with E-state index < -0.39 is 12.4 Å². The van der Waals surface area contributed by atoms with Gasteiger partial charge in [0.1, 0.15) is 5.75 Å². The van der Waals surface area contributed by atoms with Crippen molar-refractivity contribution in [3.63, 3.8) is 0 Å². The van der Waals surface area contributed by atoms with Crippen LogP contribution in [0.5, 0.6) is 5.75 Å². The Hall–Kier alpha value is 0.511. The monoisotopic (exact) mass is 284 g/mol. The summed E-state index contributed by atoms with van der Waals surface area (Å²) in [6, 6.07) is 3.93. The van der Waals surface area contributed by atoms with Crippen LogP contribution >= 0.6 is 0 Å². The summed E-state index contributed by atoms with van der Waals surface area (Å²) in [6.45, 7) is 1.21. The molecule has 0 heterocycles. The van der Waals surface area contributed by atoms with Crippen molar-refractivity contribution in [2.75, 3.05) is 6.61 Å². The summed E-state index contributed by atoms with van der Waals surface area (Å²) in [7, 11) is 0. The molecule has 96 valence electrons. The van der Waals surface area contributed by atoms with Crippen molar-refractivity contribution in [2.45, 2.75) is 27.2 Å². The van der Waals surface area contributed by atoms with E-state index in [1.54, 1.807) is 0 Å². The number of hydrogen-bond donors (Lipinski definition) is 0. The average molecular weight is 284 g/mol. The Balaban J connectivity index is 0.00000289. The van der Waals surface area contributed by atoms with Crippen LogP contribution in [0.15, 0.2) is 18.2 Å². The Morgan fingerprint density at radius 2 is 1.83 bits per heavy atom. The van der Waals surface area contributed by atoms with E-state index >= 15 is 0 Å². The molecule has 0 spiro atoms. The average Bonchev–Trinajstić information content (AvgIpc) is 2.14. The largest absolute Gasteiger partial charge is 1.00 e. The molecule has 0 aliphatic heterocycles. The molecule has 0 aliphatic rings. The van der Waals surface area contributed by atoms with Crippen LogP contribution in [0.3, 0.4) is 0 Å². The Morgan fingerprint density at radius 1 is 1.22 bits per heavy atom. The second-order valence-electron chi connectivity index (χ2n) is 4.62. The zero-order valence-corrected chi connectivity index (χ0v) is 14.5. The van der Waals surface area contributed by atoms with Crippen molar-refractivity contribution >= 4 is 12.4 Å². The van der Waals surface area contributed by atoms with Gasteiger partial charge in [-0.1, -0.05) is 25.5 Å². The van der Waals surface area contributed by atoms with E-state index in [0.717, 1.165) is 12.5 Å². The van der Waals surface area contributed by atoms with E-state index in [2.05, 4.69) is 13.8 Å². The first-order chi connectivity index (χ1) is 7.80. The van der Waals surface area contributed by atoms with Crippen LogP contribution in [0.1, 0.15) is 25.8 Å². The minimum Gasteiger partial charge on any atom is -0.494 e. The predicted molar refractivity (Wildman–Crippen MR) is 64.8 cm³/mol. The topological polar surface area (TPSA) is 9.23 Å². The van der Waals surface area contributed by atoms with Gasteiger partial charge in [-0.25, -0.2) is 0 Å². The number of aryl methyl sites for hydroxylation is 1. The number of hydrogen-bond acceptors (Lipinski definition) is 1. The van der Waals surface area contributed by atoms with Crippen molar-refractivity contribution in [3.8, 4) is 5.75 Å². The van der Waals surface area contributed by atoms with Crippen LogP contribution in [-0.2, 0) is 0 Å². The summed E-state index contributed by atoms with van der Waals surface area (Å²) in [5, 5.41) is 0. The summed E-state index contributed by atoms with van der Waals surface area (Å²) >= 11 is 0. The second kappa shape index (κ2) is 7.95. The third kappa shape index (κ3) is 6.10. The molecule has 0 radical (unpaired) electrons. The molecule has 0 fully saturated rings. The van der Waals surface area contributed by atoms with Crippen molar-refractivity contribution in [3.05, 3.63) is 23.8 Å². The normalized spacial score (nSPS) is 11.3. The maximum Gasteiger partial charge on any atom is 1.00 e. The Kier molecular flexibility index (Phi) is 8.17. The van der Waals surface area contributed by atoms with Gasteiger partial charge in [0.05, 0.1) is 6.61 Å². The van der Waals surface area contributed by atoms with Gasteiger partial charge in [0.25, 0.3) is 0 Å². The fraction of sp³-hybridized carbons (Fsp3) is 0.500. The van der Waals surface area contributed by atoms with Crippen LogP contribution in [-0.4, -0.2) is 13.6 Å². The first kappa shape index (κ1) is 18.5. The first-order valence-corrected chi connectivity index (χ1v) is 5.74. The van der Waals surface area contributed by atoms with Gasteiger partial charge in [0, 0.05) is 0 Å². The van der Waals surface area contributed by atoms with Crippen molar-refractivity contribution in [1.82, 2.24) is 0 Å². The molecular weight excluding hydrogens is 267 g/mol. The zero-order valence-electron chi connectivity index (χ0n) is 11.3. The molecule has 0 amide bonds. The summed E-state index contributed by atoms with van der Waals surface area (Å²) < 4.78 is 43.1. The quantitative estimate of drug-likeness (QED) is 0.715. The van der Waals surface area contributed by atoms with E-state index in [-0.39, 0.29) is 56.9 Å². The summed E-state index contributed by atoms with van der Waals surface area (Å²) in [4.78, 5) is 0. The van der Waals surface area contributed by atoms with Crippen molar-refractivity contribution in [1.29, 1.82) is 0 Å². The van der Waals surface area contributed by atoms with Crippen molar-refractivity contribution in [2.24, 2.45) is 5.92 Å². The molecule has 1 nitrogen and oxygen atoms in total. The molecule has 1 aromatic carbocycles. The smallest absolute Gasteiger partial charge is 0.494 e. The molecule has 0 saturated heterocycles. The molecule has 1 rings (SSSR count). The standard InChI is InChI=1S/C12H17BF3O.K/c1-9(2)6-7-17-11-4-5-12(10(3)8-11)13(14,15)16;/h4-5,8-9H,6-7H2,1-3H3;/q-1;+1.